The predicted molar refractivity (Wildman–Crippen MR) is 77.3 cm³/mol. The van der Waals surface area contributed by atoms with Gasteiger partial charge >= 0.3 is 6.03 Å². The minimum Gasteiger partial charge on any atom is -0.508 e. The molecular formula is C15H24N2O2. The van der Waals surface area contributed by atoms with Gasteiger partial charge in [-0.25, -0.2) is 4.79 Å². The van der Waals surface area contributed by atoms with E-state index < -0.39 is 0 Å². The first-order valence-corrected chi connectivity index (χ1v) is 6.66. The van der Waals surface area contributed by atoms with Gasteiger partial charge in [0.15, 0.2) is 0 Å². The van der Waals surface area contributed by atoms with E-state index in [1.54, 1.807) is 12.1 Å². The summed E-state index contributed by atoms with van der Waals surface area (Å²) in [5.41, 5.74) is 1.26. The van der Waals surface area contributed by atoms with Gasteiger partial charge in [-0.1, -0.05) is 32.9 Å². The van der Waals surface area contributed by atoms with Crippen molar-refractivity contribution >= 4 is 6.03 Å². The van der Waals surface area contributed by atoms with Crippen LogP contribution in [-0.2, 0) is 6.42 Å². The van der Waals surface area contributed by atoms with Gasteiger partial charge in [0.1, 0.15) is 5.75 Å². The number of rotatable bonds is 5. The van der Waals surface area contributed by atoms with Gasteiger partial charge in [-0.15, -0.1) is 0 Å². The quantitative estimate of drug-likeness (QED) is 0.716. The highest BCUT2D eigenvalue weighted by atomic mass is 16.3. The fourth-order valence-electron chi connectivity index (χ4n) is 1.56. The molecule has 3 N–H and O–H groups in total. The van der Waals surface area contributed by atoms with Crippen molar-refractivity contribution in [2.75, 3.05) is 13.1 Å². The summed E-state index contributed by atoms with van der Waals surface area (Å²) in [6, 6.07) is 7.04. The molecule has 0 atom stereocenters. The number of phenols is 1. The van der Waals surface area contributed by atoms with Crippen LogP contribution in [0.1, 0.15) is 32.8 Å². The smallest absolute Gasteiger partial charge is 0.314 e. The van der Waals surface area contributed by atoms with Crippen LogP contribution in [0.5, 0.6) is 5.75 Å². The van der Waals surface area contributed by atoms with Crippen molar-refractivity contribution in [1.82, 2.24) is 10.6 Å². The van der Waals surface area contributed by atoms with E-state index in [1.807, 2.05) is 12.1 Å². The Morgan fingerprint density at radius 3 is 2.37 bits per heavy atom. The molecule has 0 radical (unpaired) electrons. The Morgan fingerprint density at radius 1 is 1.16 bits per heavy atom. The number of urea groups is 1. The molecule has 19 heavy (non-hydrogen) atoms. The molecule has 0 spiro atoms. The molecule has 1 aromatic carbocycles. The van der Waals surface area contributed by atoms with Crippen LogP contribution in [0.15, 0.2) is 24.3 Å². The maximum Gasteiger partial charge on any atom is 0.314 e. The molecule has 0 saturated heterocycles. The van der Waals surface area contributed by atoms with Gasteiger partial charge < -0.3 is 15.7 Å². The maximum atomic E-state index is 11.5. The van der Waals surface area contributed by atoms with Crippen LogP contribution in [0.3, 0.4) is 0 Å². The average Bonchev–Trinajstić information content (AvgIpc) is 2.33. The molecule has 0 aliphatic rings. The van der Waals surface area contributed by atoms with Crippen LogP contribution >= 0.6 is 0 Å². The monoisotopic (exact) mass is 264 g/mol. The summed E-state index contributed by atoms with van der Waals surface area (Å²) in [6.45, 7) is 7.56. The Labute approximate surface area is 115 Å². The topological polar surface area (TPSA) is 61.4 Å². The van der Waals surface area contributed by atoms with E-state index in [1.165, 1.54) is 0 Å². The van der Waals surface area contributed by atoms with E-state index in [0.717, 1.165) is 18.4 Å². The van der Waals surface area contributed by atoms with Crippen molar-refractivity contribution in [2.45, 2.75) is 33.6 Å². The lowest BCUT2D eigenvalue weighted by atomic mass is 9.97. The second-order valence-electron chi connectivity index (χ2n) is 5.94. The van der Waals surface area contributed by atoms with Crippen molar-refractivity contribution in [3.63, 3.8) is 0 Å². The molecule has 0 aromatic heterocycles. The molecule has 1 aromatic rings. The summed E-state index contributed by atoms with van der Waals surface area (Å²) >= 11 is 0. The molecule has 106 valence electrons. The van der Waals surface area contributed by atoms with Gasteiger partial charge in [-0.3, -0.25) is 0 Å². The van der Waals surface area contributed by atoms with Gasteiger partial charge in [0, 0.05) is 13.1 Å². The number of benzene rings is 1. The molecule has 4 nitrogen and oxygen atoms in total. The van der Waals surface area contributed by atoms with Crippen molar-refractivity contribution in [3.05, 3.63) is 29.8 Å². The van der Waals surface area contributed by atoms with Gasteiger partial charge in [-0.2, -0.15) is 0 Å². The Kier molecular flexibility index (Phi) is 5.67. The number of hydrogen-bond acceptors (Lipinski definition) is 2. The van der Waals surface area contributed by atoms with E-state index in [4.69, 9.17) is 5.11 Å². The van der Waals surface area contributed by atoms with Gasteiger partial charge in [0.05, 0.1) is 0 Å². The highest BCUT2D eigenvalue weighted by molar-refractivity contribution is 5.73. The number of aromatic hydroxyl groups is 1. The number of amides is 2. The molecule has 1 rings (SSSR count). The Hall–Kier alpha value is -1.71. The summed E-state index contributed by atoms with van der Waals surface area (Å²) in [4.78, 5) is 11.5. The highest BCUT2D eigenvalue weighted by Crippen LogP contribution is 2.11. The van der Waals surface area contributed by atoms with E-state index in [9.17, 15) is 4.79 Å². The lowest BCUT2D eigenvalue weighted by Gasteiger charge is -2.18. The predicted octanol–water partition coefficient (Wildman–Crippen LogP) is 2.67. The SMILES string of the molecule is CC(C)(C)CNC(=O)NCCCc1ccc(O)cc1. The second-order valence-corrected chi connectivity index (χ2v) is 5.94. The van der Waals surface area contributed by atoms with E-state index >= 15 is 0 Å². The van der Waals surface area contributed by atoms with E-state index in [0.29, 0.717) is 13.1 Å². The number of aryl methyl sites for hydroxylation is 1. The van der Waals surface area contributed by atoms with Gasteiger partial charge in [0.2, 0.25) is 0 Å². The van der Waals surface area contributed by atoms with Crippen LogP contribution in [0, 0.1) is 5.41 Å². The first-order valence-electron chi connectivity index (χ1n) is 6.66. The van der Waals surface area contributed by atoms with Crippen molar-refractivity contribution in [3.8, 4) is 5.75 Å². The van der Waals surface area contributed by atoms with Gasteiger partial charge in [0.25, 0.3) is 0 Å². The molecule has 0 fully saturated rings. The van der Waals surface area contributed by atoms with Crippen LogP contribution < -0.4 is 10.6 Å². The average molecular weight is 264 g/mol. The Balaban J connectivity index is 2.13. The Morgan fingerprint density at radius 2 is 1.79 bits per heavy atom. The molecule has 0 bridgehead atoms. The standard InChI is InChI=1S/C15H24N2O2/c1-15(2,3)11-17-14(19)16-10-4-5-12-6-8-13(18)9-7-12/h6-9,18H,4-5,10-11H2,1-3H3,(H2,16,17,19). The fraction of sp³-hybridized carbons (Fsp3) is 0.533. The largest absolute Gasteiger partial charge is 0.508 e. The lowest BCUT2D eigenvalue weighted by molar-refractivity contribution is 0.235. The summed E-state index contributed by atoms with van der Waals surface area (Å²) < 4.78 is 0. The molecule has 0 saturated carbocycles. The molecule has 0 aliphatic heterocycles. The first kappa shape index (κ1) is 15.3. The molecule has 4 heteroatoms. The minimum absolute atomic E-state index is 0.101. The summed E-state index contributed by atoms with van der Waals surface area (Å²) in [7, 11) is 0. The number of hydrogen-bond donors (Lipinski definition) is 3. The first-order chi connectivity index (χ1) is 8.87. The number of phenolic OH excluding ortho intramolecular Hbond substituents is 1. The van der Waals surface area contributed by atoms with E-state index in [-0.39, 0.29) is 17.2 Å². The third-order valence-corrected chi connectivity index (χ3v) is 2.64. The van der Waals surface area contributed by atoms with Crippen LogP contribution in [0.4, 0.5) is 4.79 Å². The summed E-state index contributed by atoms with van der Waals surface area (Å²) in [5, 5.41) is 14.8. The highest BCUT2D eigenvalue weighted by Gasteiger charge is 2.11. The van der Waals surface area contributed by atoms with Crippen LogP contribution in [0.25, 0.3) is 0 Å². The summed E-state index contributed by atoms with van der Waals surface area (Å²) in [6.07, 6.45) is 1.77. The molecule has 0 heterocycles. The lowest BCUT2D eigenvalue weighted by Crippen LogP contribution is -2.40. The van der Waals surface area contributed by atoms with Crippen LogP contribution in [0.2, 0.25) is 0 Å². The molecule has 2 amide bonds. The fourth-order valence-corrected chi connectivity index (χ4v) is 1.56. The maximum absolute atomic E-state index is 11.5. The Bertz CT molecular complexity index is 394. The van der Waals surface area contributed by atoms with Crippen molar-refractivity contribution < 1.29 is 9.90 Å². The zero-order valence-electron chi connectivity index (χ0n) is 12.0. The third kappa shape index (κ3) is 7.34. The minimum atomic E-state index is -0.111. The van der Waals surface area contributed by atoms with Crippen molar-refractivity contribution in [1.29, 1.82) is 0 Å². The van der Waals surface area contributed by atoms with Crippen LogP contribution in [-0.4, -0.2) is 24.2 Å². The summed E-state index contributed by atoms with van der Waals surface area (Å²) in [5.74, 6) is 0.281. The van der Waals surface area contributed by atoms with Crippen molar-refractivity contribution in [2.24, 2.45) is 5.41 Å². The second kappa shape index (κ2) is 7.02. The molecule has 0 unspecified atom stereocenters. The molecule has 0 aliphatic carbocycles. The number of nitrogens with one attached hydrogen (secondary N) is 2. The zero-order chi connectivity index (χ0) is 14.3. The zero-order valence-corrected chi connectivity index (χ0v) is 12.0. The molecular weight excluding hydrogens is 240 g/mol. The normalized spacial score (nSPS) is 11.1. The van der Waals surface area contributed by atoms with Gasteiger partial charge in [-0.05, 0) is 36.0 Å². The number of carbonyl (C=O) groups is 1. The number of carbonyl (C=O) groups excluding carboxylic acids is 1. The third-order valence-electron chi connectivity index (χ3n) is 2.64. The van der Waals surface area contributed by atoms with E-state index in [2.05, 4.69) is 31.4 Å².